The van der Waals surface area contributed by atoms with Crippen LogP contribution in [0.5, 0.6) is 5.75 Å². The van der Waals surface area contributed by atoms with Gasteiger partial charge in [-0.05, 0) is 37.1 Å². The summed E-state index contributed by atoms with van der Waals surface area (Å²) in [7, 11) is 1.60. The number of hydrogen-bond donors (Lipinski definition) is 2. The summed E-state index contributed by atoms with van der Waals surface area (Å²) < 4.78 is 10.8. The molecule has 2 aliphatic rings. The second kappa shape index (κ2) is 5.42. The van der Waals surface area contributed by atoms with Crippen molar-refractivity contribution in [1.29, 1.82) is 0 Å². The van der Waals surface area contributed by atoms with Crippen molar-refractivity contribution in [1.82, 2.24) is 5.32 Å². The van der Waals surface area contributed by atoms with Gasteiger partial charge in [-0.1, -0.05) is 0 Å². The van der Waals surface area contributed by atoms with Crippen LogP contribution in [-0.4, -0.2) is 37.8 Å². The van der Waals surface area contributed by atoms with Crippen LogP contribution in [0.15, 0.2) is 24.3 Å². The Labute approximate surface area is 118 Å². The van der Waals surface area contributed by atoms with E-state index in [0.717, 1.165) is 25.2 Å². The fourth-order valence-corrected chi connectivity index (χ4v) is 3.10. The molecule has 1 aliphatic carbocycles. The number of rotatable bonds is 3. The SMILES string of the molecule is COc1ccc(C(=O)NC2C(N)C3CCCOC32)cc1. The zero-order valence-electron chi connectivity index (χ0n) is 11.5. The minimum atomic E-state index is -0.110. The van der Waals surface area contributed by atoms with Crippen LogP contribution in [0.1, 0.15) is 23.2 Å². The highest BCUT2D eigenvalue weighted by molar-refractivity contribution is 5.94. The Hall–Kier alpha value is -1.59. The van der Waals surface area contributed by atoms with E-state index >= 15 is 0 Å². The summed E-state index contributed by atoms with van der Waals surface area (Å²) in [6, 6.07) is 6.97. The minimum absolute atomic E-state index is 0.00231. The number of fused-ring (bicyclic) bond motifs is 1. The molecule has 0 bridgehead atoms. The molecule has 0 aromatic heterocycles. The first-order chi connectivity index (χ1) is 9.70. The van der Waals surface area contributed by atoms with Gasteiger partial charge in [0.1, 0.15) is 5.75 Å². The van der Waals surface area contributed by atoms with Crippen molar-refractivity contribution in [3.05, 3.63) is 29.8 Å². The van der Waals surface area contributed by atoms with Crippen LogP contribution in [0.4, 0.5) is 0 Å². The number of ether oxygens (including phenoxy) is 2. The van der Waals surface area contributed by atoms with E-state index in [2.05, 4.69) is 5.32 Å². The number of carbonyl (C=O) groups excluding carboxylic acids is 1. The van der Waals surface area contributed by atoms with E-state index < -0.39 is 0 Å². The molecule has 3 rings (SSSR count). The molecule has 1 aromatic carbocycles. The zero-order chi connectivity index (χ0) is 14.1. The Morgan fingerprint density at radius 2 is 2.15 bits per heavy atom. The Morgan fingerprint density at radius 3 is 2.85 bits per heavy atom. The highest BCUT2D eigenvalue weighted by Gasteiger charge is 2.51. The van der Waals surface area contributed by atoms with E-state index in [9.17, 15) is 4.79 Å². The lowest BCUT2D eigenvalue weighted by molar-refractivity contribution is -0.117. The fraction of sp³-hybridized carbons (Fsp3) is 0.533. The number of amides is 1. The molecule has 1 saturated carbocycles. The topological polar surface area (TPSA) is 73.6 Å². The number of nitrogens with one attached hydrogen (secondary N) is 1. The van der Waals surface area contributed by atoms with Gasteiger partial charge in [-0.25, -0.2) is 0 Å². The monoisotopic (exact) mass is 276 g/mol. The average molecular weight is 276 g/mol. The van der Waals surface area contributed by atoms with Crippen molar-refractivity contribution in [3.8, 4) is 5.75 Å². The van der Waals surface area contributed by atoms with Crippen molar-refractivity contribution in [3.63, 3.8) is 0 Å². The molecule has 1 aliphatic heterocycles. The van der Waals surface area contributed by atoms with Crippen LogP contribution < -0.4 is 15.8 Å². The zero-order valence-corrected chi connectivity index (χ0v) is 11.5. The summed E-state index contributed by atoms with van der Waals surface area (Å²) in [6.45, 7) is 0.767. The van der Waals surface area contributed by atoms with E-state index in [4.69, 9.17) is 15.2 Å². The predicted octanol–water partition coefficient (Wildman–Crippen LogP) is 0.930. The summed E-state index contributed by atoms with van der Waals surface area (Å²) in [5.41, 5.74) is 6.74. The quantitative estimate of drug-likeness (QED) is 0.861. The lowest BCUT2D eigenvalue weighted by Gasteiger charge is -2.52. The summed E-state index contributed by atoms with van der Waals surface area (Å²) in [6.07, 6.45) is 2.25. The number of methoxy groups -OCH3 is 1. The molecule has 0 radical (unpaired) electrons. The minimum Gasteiger partial charge on any atom is -0.497 e. The normalized spacial score (nSPS) is 31.9. The number of nitrogens with two attached hydrogens (primary N) is 1. The molecular formula is C15H20N2O3. The molecule has 5 heteroatoms. The molecule has 1 saturated heterocycles. The molecule has 3 N–H and O–H groups in total. The Morgan fingerprint density at radius 1 is 1.40 bits per heavy atom. The van der Waals surface area contributed by atoms with E-state index in [1.54, 1.807) is 31.4 Å². The van der Waals surface area contributed by atoms with Gasteiger partial charge in [0.15, 0.2) is 0 Å². The smallest absolute Gasteiger partial charge is 0.251 e. The first-order valence-electron chi connectivity index (χ1n) is 7.03. The fourth-order valence-electron chi connectivity index (χ4n) is 3.10. The van der Waals surface area contributed by atoms with Crippen molar-refractivity contribution < 1.29 is 14.3 Å². The van der Waals surface area contributed by atoms with E-state index in [1.165, 1.54) is 0 Å². The van der Waals surface area contributed by atoms with Gasteiger partial charge in [0, 0.05) is 24.1 Å². The van der Waals surface area contributed by atoms with E-state index in [-0.39, 0.29) is 24.1 Å². The standard InChI is InChI=1S/C15H20N2O3/c1-19-10-6-4-9(5-7-10)15(18)17-13-12(16)11-3-2-8-20-14(11)13/h4-7,11-14H,2-3,8,16H2,1H3,(H,17,18). The van der Waals surface area contributed by atoms with Crippen LogP contribution in [0.25, 0.3) is 0 Å². The van der Waals surface area contributed by atoms with Crippen molar-refractivity contribution in [2.24, 2.45) is 11.7 Å². The van der Waals surface area contributed by atoms with Crippen LogP contribution >= 0.6 is 0 Å². The first kappa shape index (κ1) is 13.4. The first-order valence-corrected chi connectivity index (χ1v) is 7.03. The maximum Gasteiger partial charge on any atom is 0.251 e. The molecule has 4 atom stereocenters. The third kappa shape index (κ3) is 2.27. The number of carbonyl (C=O) groups is 1. The average Bonchev–Trinajstić information content (AvgIpc) is 2.52. The maximum absolute atomic E-state index is 12.2. The highest BCUT2D eigenvalue weighted by atomic mass is 16.5. The molecule has 1 amide bonds. The molecular weight excluding hydrogens is 256 g/mol. The van der Waals surface area contributed by atoms with Gasteiger partial charge in [0.2, 0.25) is 0 Å². The molecule has 0 spiro atoms. The Balaban J connectivity index is 1.63. The van der Waals surface area contributed by atoms with Gasteiger partial charge < -0.3 is 20.5 Å². The molecule has 5 nitrogen and oxygen atoms in total. The molecule has 4 unspecified atom stereocenters. The Kier molecular flexibility index (Phi) is 3.63. The number of hydrogen-bond acceptors (Lipinski definition) is 4. The molecule has 1 heterocycles. The largest absolute Gasteiger partial charge is 0.497 e. The molecule has 1 aromatic rings. The van der Waals surface area contributed by atoms with E-state index in [0.29, 0.717) is 11.5 Å². The van der Waals surface area contributed by atoms with Crippen LogP contribution in [-0.2, 0) is 4.74 Å². The van der Waals surface area contributed by atoms with Crippen LogP contribution in [0, 0.1) is 5.92 Å². The Bertz CT molecular complexity index is 488. The lowest BCUT2D eigenvalue weighted by atomic mass is 9.68. The van der Waals surface area contributed by atoms with Gasteiger partial charge in [-0.2, -0.15) is 0 Å². The second-order valence-corrected chi connectivity index (χ2v) is 5.45. The molecule has 20 heavy (non-hydrogen) atoms. The molecule has 2 fully saturated rings. The summed E-state index contributed by atoms with van der Waals surface area (Å²) in [5.74, 6) is 1.02. The van der Waals surface area contributed by atoms with Crippen LogP contribution in [0.3, 0.4) is 0 Å². The van der Waals surface area contributed by atoms with Crippen LogP contribution in [0.2, 0.25) is 0 Å². The van der Waals surface area contributed by atoms with Gasteiger partial charge in [-0.3, -0.25) is 4.79 Å². The van der Waals surface area contributed by atoms with Crippen molar-refractivity contribution in [2.75, 3.05) is 13.7 Å². The summed E-state index contributed by atoms with van der Waals surface area (Å²) >= 11 is 0. The molecule has 108 valence electrons. The number of benzene rings is 1. The van der Waals surface area contributed by atoms with Gasteiger partial charge in [0.05, 0.1) is 19.3 Å². The van der Waals surface area contributed by atoms with Crippen molar-refractivity contribution >= 4 is 5.91 Å². The van der Waals surface area contributed by atoms with Crippen molar-refractivity contribution in [2.45, 2.75) is 31.0 Å². The van der Waals surface area contributed by atoms with Gasteiger partial charge in [-0.15, -0.1) is 0 Å². The van der Waals surface area contributed by atoms with E-state index in [1.807, 2.05) is 0 Å². The summed E-state index contributed by atoms with van der Waals surface area (Å²) in [5, 5.41) is 2.99. The predicted molar refractivity (Wildman–Crippen MR) is 74.7 cm³/mol. The lowest BCUT2D eigenvalue weighted by Crippen LogP contribution is -2.72. The highest BCUT2D eigenvalue weighted by Crippen LogP contribution is 2.37. The third-order valence-corrected chi connectivity index (χ3v) is 4.33. The van der Waals surface area contributed by atoms with Gasteiger partial charge in [0.25, 0.3) is 5.91 Å². The third-order valence-electron chi connectivity index (χ3n) is 4.33. The maximum atomic E-state index is 12.2. The van der Waals surface area contributed by atoms with Gasteiger partial charge >= 0.3 is 0 Å². The second-order valence-electron chi connectivity index (χ2n) is 5.45. The summed E-state index contributed by atoms with van der Waals surface area (Å²) in [4.78, 5) is 12.2.